The Kier molecular flexibility index (Phi) is 6.19. The minimum atomic E-state index is 0.596. The molecule has 0 aliphatic heterocycles. The van der Waals surface area contributed by atoms with Crippen LogP contribution in [0.3, 0.4) is 0 Å². The van der Waals surface area contributed by atoms with Crippen molar-refractivity contribution in [2.45, 2.75) is 37.5 Å². The van der Waals surface area contributed by atoms with Crippen LogP contribution in [0, 0.1) is 27.7 Å². The lowest BCUT2D eigenvalue weighted by molar-refractivity contribution is 1.26. The predicted molar refractivity (Wildman–Crippen MR) is 122 cm³/mol. The molecule has 2 nitrogen and oxygen atoms in total. The van der Waals surface area contributed by atoms with Gasteiger partial charge in [-0.25, -0.2) is 0 Å². The molecule has 0 saturated carbocycles. The number of hydrogen-bond donors (Lipinski definition) is 2. The quantitative estimate of drug-likeness (QED) is 0.473. The number of anilines is 2. The van der Waals surface area contributed by atoms with Gasteiger partial charge in [0.1, 0.15) is 0 Å². The van der Waals surface area contributed by atoms with E-state index in [0.717, 1.165) is 11.4 Å². The lowest BCUT2D eigenvalue weighted by Crippen LogP contribution is -2.19. The zero-order valence-corrected chi connectivity index (χ0v) is 17.7. The molecule has 0 saturated heterocycles. The van der Waals surface area contributed by atoms with Crippen LogP contribution < -0.4 is 10.6 Å². The zero-order chi connectivity index (χ0) is 19.4. The second kappa shape index (κ2) is 8.59. The van der Waals surface area contributed by atoms with Crippen LogP contribution in [0.4, 0.5) is 11.4 Å². The summed E-state index contributed by atoms with van der Waals surface area (Å²) < 4.78 is 0. The van der Waals surface area contributed by atoms with Crippen LogP contribution in [0.2, 0.25) is 0 Å². The summed E-state index contributed by atoms with van der Waals surface area (Å²) in [6.45, 7) is 8.43. The fourth-order valence-electron chi connectivity index (χ4n) is 2.80. The Balaban J connectivity index is 1.63. The van der Waals surface area contributed by atoms with Crippen LogP contribution in [0.1, 0.15) is 22.3 Å². The first-order chi connectivity index (χ1) is 12.9. The van der Waals surface area contributed by atoms with E-state index in [9.17, 15) is 0 Å². The van der Waals surface area contributed by atoms with Crippen molar-refractivity contribution in [2.24, 2.45) is 0 Å². The van der Waals surface area contributed by atoms with Gasteiger partial charge < -0.3 is 10.6 Å². The molecule has 0 aliphatic rings. The van der Waals surface area contributed by atoms with Crippen molar-refractivity contribution in [3.63, 3.8) is 0 Å². The molecule has 0 fully saturated rings. The van der Waals surface area contributed by atoms with Gasteiger partial charge in [-0.05, 0) is 93.0 Å². The van der Waals surface area contributed by atoms with Crippen LogP contribution in [-0.2, 0) is 0 Å². The van der Waals surface area contributed by atoms with Crippen LogP contribution in [0.15, 0.2) is 70.5 Å². The van der Waals surface area contributed by atoms with E-state index in [1.165, 1.54) is 32.0 Å². The van der Waals surface area contributed by atoms with E-state index < -0.39 is 0 Å². The van der Waals surface area contributed by atoms with Crippen molar-refractivity contribution in [3.05, 3.63) is 82.9 Å². The molecule has 0 spiro atoms. The molecule has 3 rings (SSSR count). The van der Waals surface area contributed by atoms with Gasteiger partial charge in [0.05, 0.1) is 0 Å². The molecule has 2 N–H and O–H groups in total. The maximum absolute atomic E-state index is 5.46. The van der Waals surface area contributed by atoms with E-state index in [4.69, 9.17) is 12.2 Å². The first kappa shape index (κ1) is 19.5. The van der Waals surface area contributed by atoms with Crippen molar-refractivity contribution in [2.75, 3.05) is 10.6 Å². The molecule has 138 valence electrons. The third-order valence-electron chi connectivity index (χ3n) is 4.31. The number of rotatable bonds is 4. The normalized spacial score (nSPS) is 10.5. The van der Waals surface area contributed by atoms with Gasteiger partial charge in [0.25, 0.3) is 0 Å². The SMILES string of the molecule is Cc1ccc(Sc2ccc(NC(=S)Nc3cc(C)ccc3C)cc2)c(C)c1. The predicted octanol–water partition coefficient (Wildman–Crippen LogP) is 6.88. The van der Waals surface area contributed by atoms with Gasteiger partial charge in [0.2, 0.25) is 0 Å². The van der Waals surface area contributed by atoms with E-state index in [-0.39, 0.29) is 0 Å². The average molecular weight is 393 g/mol. The summed E-state index contributed by atoms with van der Waals surface area (Å²) in [5.41, 5.74) is 6.99. The summed E-state index contributed by atoms with van der Waals surface area (Å²) in [4.78, 5) is 2.49. The number of aryl methyl sites for hydroxylation is 4. The Morgan fingerprint density at radius 3 is 2.11 bits per heavy atom. The first-order valence-electron chi connectivity index (χ1n) is 8.91. The molecular formula is C23H24N2S2. The van der Waals surface area contributed by atoms with Crippen LogP contribution in [0.5, 0.6) is 0 Å². The average Bonchev–Trinajstić information content (AvgIpc) is 2.62. The van der Waals surface area contributed by atoms with Gasteiger partial charge >= 0.3 is 0 Å². The molecule has 0 aromatic heterocycles. The minimum absolute atomic E-state index is 0.596. The third kappa shape index (κ3) is 5.34. The number of nitrogens with one attached hydrogen (secondary N) is 2. The van der Waals surface area contributed by atoms with E-state index >= 15 is 0 Å². The highest BCUT2D eigenvalue weighted by Gasteiger charge is 2.04. The second-order valence-electron chi connectivity index (χ2n) is 6.79. The fourth-order valence-corrected chi connectivity index (χ4v) is 3.91. The van der Waals surface area contributed by atoms with Crippen molar-refractivity contribution >= 4 is 40.5 Å². The number of benzene rings is 3. The fraction of sp³-hybridized carbons (Fsp3) is 0.174. The summed E-state index contributed by atoms with van der Waals surface area (Å²) in [6, 6.07) is 21.2. The molecule has 0 bridgehead atoms. The first-order valence-corrected chi connectivity index (χ1v) is 10.1. The van der Waals surface area contributed by atoms with Crippen LogP contribution in [-0.4, -0.2) is 5.11 Å². The number of thiocarbonyl (C=S) groups is 1. The molecule has 0 heterocycles. The van der Waals surface area contributed by atoms with Crippen LogP contribution in [0.25, 0.3) is 0 Å². The molecule has 0 aliphatic carbocycles. The van der Waals surface area contributed by atoms with Crippen LogP contribution >= 0.6 is 24.0 Å². The second-order valence-corrected chi connectivity index (χ2v) is 8.32. The van der Waals surface area contributed by atoms with E-state index in [0.29, 0.717) is 5.11 Å². The lowest BCUT2D eigenvalue weighted by Gasteiger charge is -2.13. The molecule has 3 aromatic carbocycles. The van der Waals surface area contributed by atoms with E-state index in [1.54, 1.807) is 11.8 Å². The summed E-state index contributed by atoms with van der Waals surface area (Å²) in [7, 11) is 0. The zero-order valence-electron chi connectivity index (χ0n) is 16.1. The Morgan fingerprint density at radius 2 is 1.41 bits per heavy atom. The summed E-state index contributed by atoms with van der Waals surface area (Å²) in [6.07, 6.45) is 0. The van der Waals surface area contributed by atoms with Gasteiger partial charge in [0, 0.05) is 21.2 Å². The molecule has 0 unspecified atom stereocenters. The van der Waals surface area contributed by atoms with Gasteiger partial charge in [0.15, 0.2) is 5.11 Å². The highest BCUT2D eigenvalue weighted by atomic mass is 32.2. The number of hydrogen-bond acceptors (Lipinski definition) is 2. The molecule has 0 atom stereocenters. The van der Waals surface area contributed by atoms with Crippen molar-refractivity contribution in [3.8, 4) is 0 Å². The molecule has 27 heavy (non-hydrogen) atoms. The summed E-state index contributed by atoms with van der Waals surface area (Å²) in [5.74, 6) is 0. The van der Waals surface area contributed by atoms with E-state index in [1.807, 2.05) is 0 Å². The minimum Gasteiger partial charge on any atom is -0.332 e. The maximum Gasteiger partial charge on any atom is 0.175 e. The van der Waals surface area contributed by atoms with Gasteiger partial charge in [-0.2, -0.15) is 0 Å². The van der Waals surface area contributed by atoms with Gasteiger partial charge in [-0.3, -0.25) is 0 Å². The topological polar surface area (TPSA) is 24.1 Å². The Labute approximate surface area is 171 Å². The van der Waals surface area contributed by atoms with Crippen molar-refractivity contribution in [1.82, 2.24) is 0 Å². The summed E-state index contributed by atoms with van der Waals surface area (Å²) >= 11 is 7.24. The molecule has 4 heteroatoms. The monoisotopic (exact) mass is 392 g/mol. The lowest BCUT2D eigenvalue weighted by atomic mass is 10.1. The molecule has 0 radical (unpaired) electrons. The Morgan fingerprint density at radius 1 is 0.741 bits per heavy atom. The third-order valence-corrected chi connectivity index (χ3v) is 5.70. The highest BCUT2D eigenvalue weighted by Crippen LogP contribution is 2.31. The Hall–Kier alpha value is -2.30. The van der Waals surface area contributed by atoms with Crippen molar-refractivity contribution < 1.29 is 0 Å². The molecule has 3 aromatic rings. The maximum atomic E-state index is 5.46. The summed E-state index contributed by atoms with van der Waals surface area (Å²) in [5, 5.41) is 7.14. The van der Waals surface area contributed by atoms with Gasteiger partial charge in [-0.1, -0.05) is 41.6 Å². The highest BCUT2D eigenvalue weighted by molar-refractivity contribution is 7.99. The van der Waals surface area contributed by atoms with Crippen molar-refractivity contribution in [1.29, 1.82) is 0 Å². The van der Waals surface area contributed by atoms with E-state index in [2.05, 4.69) is 99.0 Å². The molecule has 0 amide bonds. The largest absolute Gasteiger partial charge is 0.332 e. The molecular weight excluding hydrogens is 368 g/mol. The smallest absolute Gasteiger partial charge is 0.175 e. The van der Waals surface area contributed by atoms with Gasteiger partial charge in [-0.15, -0.1) is 0 Å². The Bertz CT molecular complexity index is 963. The standard InChI is InChI=1S/C23H24N2S2/c1-15-6-12-22(18(4)13-15)27-20-10-8-19(9-11-20)24-23(26)25-21-14-16(2)5-7-17(21)3/h5-14H,1-4H3,(H2,24,25,26).